The Balaban J connectivity index is 2.69. The van der Waals surface area contributed by atoms with Crippen LogP contribution in [0.3, 0.4) is 0 Å². The molecule has 2 aromatic heterocycles. The number of aromatic nitrogens is 4. The highest BCUT2D eigenvalue weighted by molar-refractivity contribution is 7.13. The maximum atomic E-state index is 4.36. The van der Waals surface area contributed by atoms with E-state index >= 15 is 0 Å². The van der Waals surface area contributed by atoms with Crippen molar-refractivity contribution in [2.45, 2.75) is 13.8 Å². The third-order valence-corrected chi connectivity index (χ3v) is 3.44. The fourth-order valence-electron chi connectivity index (χ4n) is 1.79. The van der Waals surface area contributed by atoms with Crippen LogP contribution in [0.15, 0.2) is 12.4 Å². The molecule has 0 aliphatic heterocycles. The quantitative estimate of drug-likeness (QED) is 0.578. The highest BCUT2D eigenvalue weighted by Gasteiger charge is 2.12. The average molecular weight is 216 g/mol. The van der Waals surface area contributed by atoms with Crippen LogP contribution in [0.25, 0.3) is 21.3 Å². The Labute approximate surface area is 90.2 Å². The highest BCUT2D eigenvalue weighted by Crippen LogP contribution is 2.29. The number of rotatable bonds is 0. The Hall–Kier alpha value is -1.62. The lowest BCUT2D eigenvalue weighted by molar-refractivity contribution is 1.18. The Morgan fingerprint density at radius 2 is 1.60 bits per heavy atom. The van der Waals surface area contributed by atoms with Gasteiger partial charge in [0.1, 0.15) is 5.52 Å². The van der Waals surface area contributed by atoms with Crippen molar-refractivity contribution in [1.82, 2.24) is 19.6 Å². The first-order valence-corrected chi connectivity index (χ1v) is 5.38. The molecule has 74 valence electrons. The van der Waals surface area contributed by atoms with E-state index in [9.17, 15) is 0 Å². The molecule has 1 aromatic carbocycles. The summed E-state index contributed by atoms with van der Waals surface area (Å²) >= 11 is 1.41. The van der Waals surface area contributed by atoms with Crippen LogP contribution in [0, 0.1) is 13.8 Å². The summed E-state index contributed by atoms with van der Waals surface area (Å²) < 4.78 is 5.09. The van der Waals surface area contributed by atoms with Gasteiger partial charge in [-0.3, -0.25) is 9.97 Å². The van der Waals surface area contributed by atoms with Crippen molar-refractivity contribution < 1.29 is 0 Å². The van der Waals surface area contributed by atoms with Gasteiger partial charge in [0, 0.05) is 18.0 Å². The Morgan fingerprint density at radius 3 is 2.33 bits per heavy atom. The van der Waals surface area contributed by atoms with E-state index in [1.165, 1.54) is 11.5 Å². The topological polar surface area (TPSA) is 51.6 Å². The summed E-state index contributed by atoms with van der Waals surface area (Å²) in [6.45, 7) is 4.05. The molecule has 2 heterocycles. The van der Waals surface area contributed by atoms with E-state index in [1.54, 1.807) is 12.4 Å². The molecule has 0 amide bonds. The number of hydrogen-bond donors (Lipinski definition) is 0. The second-order valence-corrected chi connectivity index (χ2v) is 4.21. The van der Waals surface area contributed by atoms with Gasteiger partial charge in [0.2, 0.25) is 0 Å². The lowest BCUT2D eigenvalue weighted by Gasteiger charge is -2.03. The Bertz CT molecular complexity index is 603. The van der Waals surface area contributed by atoms with Gasteiger partial charge in [-0.15, -0.1) is 5.10 Å². The third-order valence-electron chi connectivity index (χ3n) is 2.59. The fraction of sp³-hybridized carbons (Fsp3) is 0.200. The van der Waals surface area contributed by atoms with Crippen molar-refractivity contribution in [3.05, 3.63) is 23.5 Å². The molecular weight excluding hydrogens is 208 g/mol. The van der Waals surface area contributed by atoms with Crippen molar-refractivity contribution in [2.24, 2.45) is 0 Å². The monoisotopic (exact) mass is 216 g/mol. The minimum absolute atomic E-state index is 0.926. The van der Waals surface area contributed by atoms with Crippen molar-refractivity contribution in [2.75, 3.05) is 0 Å². The minimum Gasteiger partial charge on any atom is -0.253 e. The molecule has 3 aromatic rings. The summed E-state index contributed by atoms with van der Waals surface area (Å²) in [6, 6.07) is 0. The van der Waals surface area contributed by atoms with Crippen LogP contribution in [0.2, 0.25) is 0 Å². The SMILES string of the molecule is Cc1c2nccnc2c(C)c2snnc12. The van der Waals surface area contributed by atoms with Gasteiger partial charge >= 0.3 is 0 Å². The smallest absolute Gasteiger partial charge is 0.111 e. The molecule has 0 aliphatic rings. The predicted octanol–water partition coefficient (Wildman–Crippen LogP) is 2.25. The van der Waals surface area contributed by atoms with Gasteiger partial charge in [-0.05, 0) is 30.9 Å². The zero-order chi connectivity index (χ0) is 10.4. The van der Waals surface area contributed by atoms with Crippen LogP contribution in [-0.4, -0.2) is 19.6 Å². The maximum absolute atomic E-state index is 4.36. The molecule has 0 radical (unpaired) electrons. The standard InChI is InChI=1S/C10H8N4S/c1-5-7-8(12-4-3-11-7)6(2)10-9(5)13-14-15-10/h3-4H,1-2H3. The molecule has 0 aliphatic carbocycles. The zero-order valence-electron chi connectivity index (χ0n) is 8.35. The second-order valence-electron chi connectivity index (χ2n) is 3.45. The van der Waals surface area contributed by atoms with Crippen LogP contribution in [0.1, 0.15) is 11.1 Å². The maximum Gasteiger partial charge on any atom is 0.111 e. The molecule has 0 saturated heterocycles. The summed E-state index contributed by atoms with van der Waals surface area (Å²) in [5.41, 5.74) is 5.01. The molecule has 15 heavy (non-hydrogen) atoms. The van der Waals surface area contributed by atoms with Gasteiger partial charge in [-0.25, -0.2) is 0 Å². The number of benzene rings is 1. The van der Waals surface area contributed by atoms with E-state index in [0.717, 1.165) is 32.4 Å². The molecule has 5 heteroatoms. The van der Waals surface area contributed by atoms with Crippen LogP contribution >= 0.6 is 11.5 Å². The van der Waals surface area contributed by atoms with E-state index in [2.05, 4.69) is 19.6 Å². The normalized spacial score (nSPS) is 11.3. The Kier molecular flexibility index (Phi) is 1.70. The summed E-state index contributed by atoms with van der Waals surface area (Å²) in [7, 11) is 0. The van der Waals surface area contributed by atoms with Crippen molar-refractivity contribution in [3.63, 3.8) is 0 Å². The van der Waals surface area contributed by atoms with E-state index in [-0.39, 0.29) is 0 Å². The van der Waals surface area contributed by atoms with Gasteiger partial charge < -0.3 is 0 Å². The molecule has 0 N–H and O–H groups in total. The lowest BCUT2D eigenvalue weighted by atomic mass is 10.1. The number of hydrogen-bond acceptors (Lipinski definition) is 5. The lowest BCUT2D eigenvalue weighted by Crippen LogP contribution is -1.91. The molecule has 0 fully saturated rings. The molecule has 0 bridgehead atoms. The molecular formula is C10H8N4S. The van der Waals surface area contributed by atoms with Crippen molar-refractivity contribution in [3.8, 4) is 0 Å². The molecule has 0 unspecified atom stereocenters. The van der Waals surface area contributed by atoms with Crippen LogP contribution in [0.5, 0.6) is 0 Å². The van der Waals surface area contributed by atoms with Crippen LogP contribution in [0.4, 0.5) is 0 Å². The zero-order valence-corrected chi connectivity index (χ0v) is 9.17. The van der Waals surface area contributed by atoms with Gasteiger partial charge in [-0.1, -0.05) is 4.49 Å². The van der Waals surface area contributed by atoms with E-state index < -0.39 is 0 Å². The summed E-state index contributed by atoms with van der Waals surface area (Å²) in [5, 5.41) is 4.13. The molecule has 3 rings (SSSR count). The third kappa shape index (κ3) is 1.07. The van der Waals surface area contributed by atoms with E-state index in [4.69, 9.17) is 0 Å². The van der Waals surface area contributed by atoms with E-state index in [1.807, 2.05) is 13.8 Å². The fourth-order valence-corrected chi connectivity index (χ4v) is 2.51. The largest absolute Gasteiger partial charge is 0.253 e. The molecule has 4 nitrogen and oxygen atoms in total. The van der Waals surface area contributed by atoms with Gasteiger partial charge in [0.25, 0.3) is 0 Å². The minimum atomic E-state index is 0.926. The van der Waals surface area contributed by atoms with E-state index in [0.29, 0.717) is 0 Å². The summed E-state index contributed by atoms with van der Waals surface area (Å²) in [5.74, 6) is 0. The molecule has 0 atom stereocenters. The number of fused-ring (bicyclic) bond motifs is 2. The number of nitrogens with zero attached hydrogens (tertiary/aromatic N) is 4. The summed E-state index contributed by atoms with van der Waals surface area (Å²) in [6.07, 6.45) is 3.43. The van der Waals surface area contributed by atoms with Crippen molar-refractivity contribution >= 4 is 32.8 Å². The first kappa shape index (κ1) is 8.67. The number of aryl methyl sites for hydroxylation is 2. The first-order chi connectivity index (χ1) is 7.29. The first-order valence-electron chi connectivity index (χ1n) is 4.61. The van der Waals surface area contributed by atoms with Crippen LogP contribution in [-0.2, 0) is 0 Å². The summed E-state index contributed by atoms with van der Waals surface area (Å²) in [4.78, 5) is 8.71. The molecule has 0 spiro atoms. The average Bonchev–Trinajstić information content (AvgIpc) is 2.75. The Morgan fingerprint density at radius 1 is 0.933 bits per heavy atom. The predicted molar refractivity (Wildman–Crippen MR) is 60.0 cm³/mol. The van der Waals surface area contributed by atoms with Gasteiger partial charge in [-0.2, -0.15) is 0 Å². The second kappa shape index (κ2) is 2.93. The van der Waals surface area contributed by atoms with Gasteiger partial charge in [0.15, 0.2) is 0 Å². The van der Waals surface area contributed by atoms with Gasteiger partial charge in [0.05, 0.1) is 15.7 Å². The van der Waals surface area contributed by atoms with Crippen LogP contribution < -0.4 is 0 Å². The highest BCUT2D eigenvalue weighted by atomic mass is 32.1. The molecule has 0 saturated carbocycles. The van der Waals surface area contributed by atoms with Crippen molar-refractivity contribution in [1.29, 1.82) is 0 Å².